The van der Waals surface area contributed by atoms with Gasteiger partial charge >= 0.3 is 0 Å². The van der Waals surface area contributed by atoms with Crippen LogP contribution in [-0.2, 0) is 6.54 Å². The fourth-order valence-corrected chi connectivity index (χ4v) is 3.30. The molecule has 0 amide bonds. The minimum absolute atomic E-state index is 0.538. The minimum Gasteiger partial charge on any atom is -0.349 e. The van der Waals surface area contributed by atoms with E-state index in [2.05, 4.69) is 37.9 Å². The predicted octanol–water partition coefficient (Wildman–Crippen LogP) is 3.36. The largest absolute Gasteiger partial charge is 0.349 e. The van der Waals surface area contributed by atoms with Gasteiger partial charge in [0.15, 0.2) is 5.13 Å². The Bertz CT molecular complexity index is 378. The molecular formula is C14H25N3S. The Labute approximate surface area is 115 Å². The Balaban J connectivity index is 2.15. The van der Waals surface area contributed by atoms with Gasteiger partial charge in [0.05, 0.1) is 5.69 Å². The van der Waals surface area contributed by atoms with Crippen LogP contribution in [0.2, 0.25) is 0 Å². The number of thiazole rings is 1. The van der Waals surface area contributed by atoms with Crippen LogP contribution in [0.1, 0.15) is 57.0 Å². The lowest BCUT2D eigenvalue weighted by Crippen LogP contribution is -2.21. The van der Waals surface area contributed by atoms with Crippen LogP contribution in [-0.4, -0.2) is 24.1 Å². The summed E-state index contributed by atoms with van der Waals surface area (Å²) in [5.74, 6) is 0.745. The summed E-state index contributed by atoms with van der Waals surface area (Å²) >= 11 is 1.88. The quantitative estimate of drug-likeness (QED) is 0.821. The molecule has 0 bridgehead atoms. The maximum Gasteiger partial charge on any atom is 0.185 e. The fraction of sp³-hybridized carbons (Fsp3) is 0.786. The number of hydrogen-bond donors (Lipinski definition) is 1. The normalized spacial score (nSPS) is 15.4. The lowest BCUT2D eigenvalue weighted by Gasteiger charge is -2.16. The van der Waals surface area contributed by atoms with E-state index in [1.54, 1.807) is 0 Å². The number of anilines is 1. The maximum atomic E-state index is 4.90. The van der Waals surface area contributed by atoms with Gasteiger partial charge in [0.1, 0.15) is 0 Å². The molecule has 2 rings (SSSR count). The van der Waals surface area contributed by atoms with E-state index in [4.69, 9.17) is 4.98 Å². The van der Waals surface area contributed by atoms with Crippen molar-refractivity contribution in [2.75, 3.05) is 18.0 Å². The van der Waals surface area contributed by atoms with E-state index in [-0.39, 0.29) is 0 Å². The minimum atomic E-state index is 0.538. The third kappa shape index (κ3) is 3.23. The van der Waals surface area contributed by atoms with E-state index in [1.807, 2.05) is 11.3 Å². The molecule has 1 aromatic rings. The zero-order chi connectivity index (χ0) is 13.1. The average Bonchev–Trinajstić information content (AvgIpc) is 3.10. The Morgan fingerprint density at radius 1 is 1.33 bits per heavy atom. The summed E-state index contributed by atoms with van der Waals surface area (Å²) in [4.78, 5) is 8.71. The molecular weight excluding hydrogens is 242 g/mol. The lowest BCUT2D eigenvalue weighted by atomic mass is 10.2. The zero-order valence-corrected chi connectivity index (χ0v) is 12.8. The summed E-state index contributed by atoms with van der Waals surface area (Å²) in [7, 11) is 0. The predicted molar refractivity (Wildman–Crippen MR) is 79.6 cm³/mol. The number of rotatable bonds is 7. The molecule has 1 aliphatic rings. The molecule has 102 valence electrons. The van der Waals surface area contributed by atoms with Gasteiger partial charge in [-0.2, -0.15) is 0 Å². The first-order chi connectivity index (χ1) is 8.65. The third-order valence-corrected chi connectivity index (χ3v) is 4.52. The van der Waals surface area contributed by atoms with Gasteiger partial charge in [0.2, 0.25) is 0 Å². The second-order valence-corrected chi connectivity index (χ2v) is 6.35. The van der Waals surface area contributed by atoms with Gasteiger partial charge in [-0.05, 0) is 26.7 Å². The molecule has 0 saturated heterocycles. The van der Waals surface area contributed by atoms with Crippen molar-refractivity contribution in [2.45, 2.75) is 59.0 Å². The summed E-state index contributed by atoms with van der Waals surface area (Å²) in [5.41, 5.74) is 1.37. The molecule has 0 aromatic carbocycles. The number of aromatic nitrogens is 1. The van der Waals surface area contributed by atoms with Crippen LogP contribution in [0.25, 0.3) is 0 Å². The van der Waals surface area contributed by atoms with Gasteiger partial charge in [0.25, 0.3) is 0 Å². The molecule has 1 N–H and O–H groups in total. The van der Waals surface area contributed by atoms with E-state index in [9.17, 15) is 0 Å². The summed E-state index contributed by atoms with van der Waals surface area (Å²) in [6.45, 7) is 11.9. The Morgan fingerprint density at radius 3 is 2.50 bits per heavy atom. The highest BCUT2D eigenvalue weighted by Gasteiger charge is 2.30. The standard InChI is InChI=1S/C14H25N3S/c1-5-17(6-2)14-16-13(11-7-8-11)12(18-14)9-15-10(3)4/h10-11,15H,5-9H2,1-4H3. The van der Waals surface area contributed by atoms with Crippen molar-refractivity contribution in [3.63, 3.8) is 0 Å². The van der Waals surface area contributed by atoms with Crippen molar-refractivity contribution < 1.29 is 0 Å². The van der Waals surface area contributed by atoms with Crippen molar-refractivity contribution >= 4 is 16.5 Å². The van der Waals surface area contributed by atoms with Crippen LogP contribution >= 0.6 is 11.3 Å². The Hall–Kier alpha value is -0.610. The van der Waals surface area contributed by atoms with Crippen LogP contribution < -0.4 is 10.2 Å². The van der Waals surface area contributed by atoms with Crippen molar-refractivity contribution in [3.05, 3.63) is 10.6 Å². The molecule has 1 saturated carbocycles. The molecule has 18 heavy (non-hydrogen) atoms. The van der Waals surface area contributed by atoms with Gasteiger partial charge in [-0.25, -0.2) is 4.98 Å². The van der Waals surface area contributed by atoms with Crippen molar-refractivity contribution in [3.8, 4) is 0 Å². The molecule has 0 spiro atoms. The number of hydrogen-bond acceptors (Lipinski definition) is 4. The molecule has 1 aliphatic carbocycles. The van der Waals surface area contributed by atoms with Crippen LogP contribution in [0, 0.1) is 0 Å². The van der Waals surface area contributed by atoms with E-state index in [0.717, 1.165) is 25.6 Å². The van der Waals surface area contributed by atoms with Gasteiger partial charge in [0, 0.05) is 36.5 Å². The first-order valence-electron chi connectivity index (χ1n) is 7.13. The molecule has 1 heterocycles. The SMILES string of the molecule is CCN(CC)c1nc(C2CC2)c(CNC(C)C)s1. The number of nitrogens with zero attached hydrogens (tertiary/aromatic N) is 2. The van der Waals surface area contributed by atoms with Gasteiger partial charge < -0.3 is 10.2 Å². The Kier molecular flexibility index (Phi) is 4.62. The zero-order valence-electron chi connectivity index (χ0n) is 12.0. The highest BCUT2D eigenvalue weighted by molar-refractivity contribution is 7.15. The highest BCUT2D eigenvalue weighted by atomic mass is 32.1. The van der Waals surface area contributed by atoms with Crippen LogP contribution in [0.3, 0.4) is 0 Å². The van der Waals surface area contributed by atoms with Crippen molar-refractivity contribution in [1.82, 2.24) is 10.3 Å². The summed E-state index contributed by atoms with van der Waals surface area (Å²) in [6.07, 6.45) is 2.66. The maximum absolute atomic E-state index is 4.90. The van der Waals surface area contributed by atoms with Crippen LogP contribution in [0.4, 0.5) is 5.13 Å². The van der Waals surface area contributed by atoms with Gasteiger partial charge in [-0.3, -0.25) is 0 Å². The molecule has 0 radical (unpaired) electrons. The lowest BCUT2D eigenvalue weighted by molar-refractivity contribution is 0.590. The fourth-order valence-electron chi connectivity index (χ4n) is 2.08. The van der Waals surface area contributed by atoms with E-state index in [1.165, 1.54) is 28.5 Å². The summed E-state index contributed by atoms with van der Waals surface area (Å²) in [5, 5.41) is 4.74. The smallest absolute Gasteiger partial charge is 0.185 e. The van der Waals surface area contributed by atoms with Crippen molar-refractivity contribution in [2.24, 2.45) is 0 Å². The monoisotopic (exact) mass is 267 g/mol. The van der Waals surface area contributed by atoms with E-state index in [0.29, 0.717) is 6.04 Å². The molecule has 3 nitrogen and oxygen atoms in total. The van der Waals surface area contributed by atoms with Crippen LogP contribution in [0.5, 0.6) is 0 Å². The van der Waals surface area contributed by atoms with E-state index < -0.39 is 0 Å². The molecule has 1 aromatic heterocycles. The average molecular weight is 267 g/mol. The third-order valence-electron chi connectivity index (χ3n) is 3.39. The first-order valence-corrected chi connectivity index (χ1v) is 7.95. The molecule has 0 unspecified atom stereocenters. The van der Waals surface area contributed by atoms with Gasteiger partial charge in [-0.15, -0.1) is 11.3 Å². The Morgan fingerprint density at radius 2 is 2.00 bits per heavy atom. The summed E-state index contributed by atoms with van der Waals surface area (Å²) in [6, 6.07) is 0.538. The highest BCUT2D eigenvalue weighted by Crippen LogP contribution is 2.44. The second-order valence-electron chi connectivity index (χ2n) is 5.29. The number of nitrogens with one attached hydrogen (secondary N) is 1. The van der Waals surface area contributed by atoms with Crippen LogP contribution in [0.15, 0.2) is 0 Å². The second kappa shape index (κ2) is 6.02. The molecule has 0 atom stereocenters. The first kappa shape index (κ1) is 13.8. The molecule has 1 fully saturated rings. The topological polar surface area (TPSA) is 28.2 Å². The van der Waals surface area contributed by atoms with E-state index >= 15 is 0 Å². The molecule has 0 aliphatic heterocycles. The molecule has 4 heteroatoms. The van der Waals surface area contributed by atoms with Gasteiger partial charge in [-0.1, -0.05) is 13.8 Å². The summed E-state index contributed by atoms with van der Waals surface area (Å²) < 4.78 is 0. The van der Waals surface area contributed by atoms with Crippen molar-refractivity contribution in [1.29, 1.82) is 0 Å².